The van der Waals surface area contributed by atoms with Gasteiger partial charge in [0.05, 0.1) is 0 Å². The Balaban J connectivity index is 1.84. The minimum absolute atomic E-state index is 0.194. The van der Waals surface area contributed by atoms with E-state index >= 15 is 0 Å². The van der Waals surface area contributed by atoms with Gasteiger partial charge in [0.2, 0.25) is 5.95 Å². The van der Waals surface area contributed by atoms with Crippen LogP contribution in [0.15, 0.2) is 12.7 Å². The minimum Gasteiger partial charge on any atom is -0.460 e. The lowest BCUT2D eigenvalue weighted by molar-refractivity contribution is 0.141. The average Bonchev–Trinajstić information content (AvgIpc) is 3.03. The topological polar surface area (TPSA) is 90.6 Å². The first-order chi connectivity index (χ1) is 10.3. The van der Waals surface area contributed by atoms with Crippen LogP contribution in [0, 0.1) is 0 Å². The molecule has 1 fully saturated rings. The third-order valence-corrected chi connectivity index (χ3v) is 3.39. The summed E-state index contributed by atoms with van der Waals surface area (Å²) in [7, 11) is 0. The monoisotopic (exact) mass is 289 g/mol. The van der Waals surface area contributed by atoms with E-state index in [-0.39, 0.29) is 6.10 Å². The molecule has 0 unspecified atom stereocenters. The van der Waals surface area contributed by atoms with Gasteiger partial charge in [0, 0.05) is 6.54 Å². The second kappa shape index (κ2) is 6.47. The van der Waals surface area contributed by atoms with Gasteiger partial charge in [0.15, 0.2) is 0 Å². The number of rotatable bonds is 5. The van der Waals surface area contributed by atoms with Crippen molar-refractivity contribution in [3.05, 3.63) is 12.7 Å². The Morgan fingerprint density at radius 1 is 1.24 bits per heavy atom. The van der Waals surface area contributed by atoms with E-state index in [1.165, 1.54) is 30.3 Å². The molecule has 8 nitrogen and oxygen atoms in total. The lowest BCUT2D eigenvalue weighted by Crippen LogP contribution is -2.22. The van der Waals surface area contributed by atoms with Gasteiger partial charge in [-0.15, -0.1) is 0 Å². The Kier molecular flexibility index (Phi) is 4.23. The molecule has 3 rings (SSSR count). The first kappa shape index (κ1) is 13.7. The Bertz CT molecular complexity index is 566. The van der Waals surface area contributed by atoms with Gasteiger partial charge in [-0.1, -0.05) is 6.42 Å². The number of hydrogen-bond acceptors (Lipinski definition) is 7. The molecule has 0 radical (unpaired) electrons. The molecule has 21 heavy (non-hydrogen) atoms. The highest BCUT2D eigenvalue weighted by atomic mass is 16.5. The first-order valence-electron chi connectivity index (χ1n) is 7.37. The molecule has 0 spiro atoms. The van der Waals surface area contributed by atoms with Crippen LogP contribution in [0.1, 0.15) is 39.0 Å². The normalized spacial score (nSPS) is 15.9. The fourth-order valence-electron chi connectivity index (χ4n) is 2.38. The molecule has 0 bridgehead atoms. The van der Waals surface area contributed by atoms with Crippen molar-refractivity contribution >= 4 is 5.95 Å². The number of nitrogens with zero attached hydrogens (tertiary/aromatic N) is 6. The third kappa shape index (κ3) is 3.45. The van der Waals surface area contributed by atoms with Crippen molar-refractivity contribution in [2.75, 3.05) is 11.9 Å². The zero-order valence-electron chi connectivity index (χ0n) is 12.1. The maximum atomic E-state index is 5.92. The summed E-state index contributed by atoms with van der Waals surface area (Å²) in [5, 5.41) is 7.13. The van der Waals surface area contributed by atoms with Crippen LogP contribution in [0.3, 0.4) is 0 Å². The van der Waals surface area contributed by atoms with Gasteiger partial charge in [-0.3, -0.25) is 0 Å². The predicted molar refractivity (Wildman–Crippen MR) is 76.4 cm³/mol. The minimum atomic E-state index is 0.194. The van der Waals surface area contributed by atoms with Gasteiger partial charge in [-0.2, -0.15) is 24.7 Å². The summed E-state index contributed by atoms with van der Waals surface area (Å²) in [6.45, 7) is 2.71. The quantitative estimate of drug-likeness (QED) is 0.893. The van der Waals surface area contributed by atoms with E-state index in [0.29, 0.717) is 17.9 Å². The van der Waals surface area contributed by atoms with E-state index in [1.807, 2.05) is 6.92 Å². The molecular weight excluding hydrogens is 270 g/mol. The highest BCUT2D eigenvalue weighted by molar-refractivity contribution is 5.29. The fourth-order valence-corrected chi connectivity index (χ4v) is 2.38. The maximum absolute atomic E-state index is 5.92. The predicted octanol–water partition coefficient (Wildman–Crippen LogP) is 1.60. The Morgan fingerprint density at radius 2 is 2.10 bits per heavy atom. The summed E-state index contributed by atoms with van der Waals surface area (Å²) >= 11 is 0. The number of anilines is 1. The highest BCUT2D eigenvalue weighted by Gasteiger charge is 2.18. The number of ether oxygens (including phenoxy) is 1. The largest absolute Gasteiger partial charge is 0.460 e. The number of hydrogen-bond donors (Lipinski definition) is 1. The molecule has 2 aromatic heterocycles. The van der Waals surface area contributed by atoms with Crippen molar-refractivity contribution in [2.24, 2.45) is 0 Å². The van der Waals surface area contributed by atoms with E-state index in [0.717, 1.165) is 19.4 Å². The molecule has 112 valence electrons. The van der Waals surface area contributed by atoms with Crippen LogP contribution in [-0.4, -0.2) is 42.4 Å². The summed E-state index contributed by atoms with van der Waals surface area (Å²) in [6, 6.07) is 0.346. The van der Waals surface area contributed by atoms with E-state index in [2.05, 4.69) is 30.4 Å². The van der Waals surface area contributed by atoms with Gasteiger partial charge in [0.1, 0.15) is 18.8 Å². The van der Waals surface area contributed by atoms with Crippen molar-refractivity contribution in [1.82, 2.24) is 29.7 Å². The van der Waals surface area contributed by atoms with Gasteiger partial charge in [-0.05, 0) is 32.6 Å². The Labute approximate surface area is 123 Å². The van der Waals surface area contributed by atoms with Crippen LogP contribution < -0.4 is 10.1 Å². The van der Waals surface area contributed by atoms with E-state index < -0.39 is 0 Å². The Hall–Kier alpha value is -2.25. The molecule has 0 saturated heterocycles. The molecule has 8 heteroatoms. The molecule has 0 aromatic carbocycles. The standard InChI is InChI=1S/C13H19N7O/c1-2-15-11-17-12(20-9-14-8-16-20)19-13(18-11)21-10-6-4-3-5-7-10/h8-10H,2-7H2,1H3,(H,15,17,18,19). The SMILES string of the molecule is CCNc1nc(OC2CCCCC2)nc(-n2cncn2)n1. The maximum Gasteiger partial charge on any atom is 0.323 e. The molecule has 1 saturated carbocycles. The van der Waals surface area contributed by atoms with Gasteiger partial charge < -0.3 is 10.1 Å². The molecule has 0 amide bonds. The first-order valence-corrected chi connectivity index (χ1v) is 7.37. The molecular formula is C13H19N7O. The average molecular weight is 289 g/mol. The van der Waals surface area contributed by atoms with E-state index in [9.17, 15) is 0 Å². The molecule has 1 aliphatic carbocycles. The second-order valence-electron chi connectivity index (χ2n) is 4.99. The summed E-state index contributed by atoms with van der Waals surface area (Å²) in [5.41, 5.74) is 0. The number of nitrogens with one attached hydrogen (secondary N) is 1. The molecule has 0 aliphatic heterocycles. The van der Waals surface area contributed by atoms with Gasteiger partial charge >= 0.3 is 6.01 Å². The van der Waals surface area contributed by atoms with Crippen LogP contribution in [0.25, 0.3) is 5.95 Å². The summed E-state index contributed by atoms with van der Waals surface area (Å²) in [5.74, 6) is 0.896. The van der Waals surface area contributed by atoms with E-state index in [1.54, 1.807) is 6.33 Å². The lowest BCUT2D eigenvalue weighted by atomic mass is 9.98. The van der Waals surface area contributed by atoms with Crippen LogP contribution in [0.5, 0.6) is 6.01 Å². The van der Waals surface area contributed by atoms with Gasteiger partial charge in [-0.25, -0.2) is 4.98 Å². The highest BCUT2D eigenvalue weighted by Crippen LogP contribution is 2.22. The molecule has 2 aromatic rings. The van der Waals surface area contributed by atoms with Crippen LogP contribution in [0.2, 0.25) is 0 Å². The smallest absolute Gasteiger partial charge is 0.323 e. The lowest BCUT2D eigenvalue weighted by Gasteiger charge is -2.21. The second-order valence-corrected chi connectivity index (χ2v) is 4.99. The van der Waals surface area contributed by atoms with Crippen molar-refractivity contribution < 1.29 is 4.74 Å². The number of aromatic nitrogens is 6. The summed E-state index contributed by atoms with van der Waals surface area (Å²) < 4.78 is 7.41. The molecule has 1 aliphatic rings. The van der Waals surface area contributed by atoms with Crippen molar-refractivity contribution in [3.63, 3.8) is 0 Å². The van der Waals surface area contributed by atoms with Crippen LogP contribution in [0.4, 0.5) is 5.95 Å². The van der Waals surface area contributed by atoms with Crippen LogP contribution >= 0.6 is 0 Å². The summed E-state index contributed by atoms with van der Waals surface area (Å²) in [6.07, 6.45) is 8.98. The molecule has 0 atom stereocenters. The van der Waals surface area contributed by atoms with Crippen molar-refractivity contribution in [2.45, 2.75) is 45.1 Å². The third-order valence-electron chi connectivity index (χ3n) is 3.39. The molecule has 1 N–H and O–H groups in total. The summed E-state index contributed by atoms with van der Waals surface area (Å²) in [4.78, 5) is 16.9. The zero-order chi connectivity index (χ0) is 14.5. The Morgan fingerprint density at radius 3 is 2.81 bits per heavy atom. The van der Waals surface area contributed by atoms with Gasteiger partial charge in [0.25, 0.3) is 5.95 Å². The van der Waals surface area contributed by atoms with Crippen molar-refractivity contribution in [1.29, 1.82) is 0 Å². The zero-order valence-corrected chi connectivity index (χ0v) is 12.1. The van der Waals surface area contributed by atoms with E-state index in [4.69, 9.17) is 4.74 Å². The van der Waals surface area contributed by atoms with Crippen LogP contribution in [-0.2, 0) is 0 Å². The fraction of sp³-hybridized carbons (Fsp3) is 0.615. The van der Waals surface area contributed by atoms with Crippen molar-refractivity contribution in [3.8, 4) is 12.0 Å². The molecule has 2 heterocycles.